The number of halogens is 1. The fraction of sp³-hybridized carbons (Fsp3) is 0.214. The van der Waals surface area contributed by atoms with E-state index < -0.39 is 17.9 Å². The SMILES string of the molecule is O=C(CCCNc1nc2ccccc2[nH]1)NCC(=O)NC(Cc1cccc(-c2cccc(F)c2)c1)C(=O)O. The zero-order valence-corrected chi connectivity index (χ0v) is 20.5. The molecule has 4 rings (SSSR count). The fourth-order valence-corrected chi connectivity index (χ4v) is 3.99. The number of para-hydroxylation sites is 2. The van der Waals surface area contributed by atoms with Crippen molar-refractivity contribution in [2.24, 2.45) is 0 Å². The lowest BCUT2D eigenvalue weighted by molar-refractivity contribution is -0.141. The summed E-state index contributed by atoms with van der Waals surface area (Å²) in [5.41, 5.74) is 3.83. The normalized spacial score (nSPS) is 11.6. The Hall–Kier alpha value is -4.73. The van der Waals surface area contributed by atoms with E-state index in [-0.39, 0.29) is 31.1 Å². The van der Waals surface area contributed by atoms with Crippen LogP contribution in [0.25, 0.3) is 22.2 Å². The molecule has 1 unspecified atom stereocenters. The van der Waals surface area contributed by atoms with Gasteiger partial charge < -0.3 is 26.0 Å². The van der Waals surface area contributed by atoms with Gasteiger partial charge in [0.2, 0.25) is 17.8 Å². The summed E-state index contributed by atoms with van der Waals surface area (Å²) in [6.45, 7) is 0.179. The van der Waals surface area contributed by atoms with Gasteiger partial charge in [-0.2, -0.15) is 0 Å². The van der Waals surface area contributed by atoms with Crippen LogP contribution in [0.5, 0.6) is 0 Å². The summed E-state index contributed by atoms with van der Waals surface area (Å²) in [5.74, 6) is -1.87. The van der Waals surface area contributed by atoms with Crippen molar-refractivity contribution in [1.29, 1.82) is 0 Å². The molecule has 1 aromatic heterocycles. The monoisotopic (exact) mass is 517 g/mol. The van der Waals surface area contributed by atoms with E-state index in [0.717, 1.165) is 16.6 Å². The van der Waals surface area contributed by atoms with Gasteiger partial charge in [0.15, 0.2) is 0 Å². The molecule has 0 aliphatic rings. The van der Waals surface area contributed by atoms with Crippen LogP contribution in [0.15, 0.2) is 72.8 Å². The van der Waals surface area contributed by atoms with Gasteiger partial charge in [-0.1, -0.05) is 48.5 Å². The van der Waals surface area contributed by atoms with Crippen molar-refractivity contribution in [3.63, 3.8) is 0 Å². The number of fused-ring (bicyclic) bond motifs is 1. The molecule has 0 saturated carbocycles. The summed E-state index contributed by atoms with van der Waals surface area (Å²) >= 11 is 0. The smallest absolute Gasteiger partial charge is 0.326 e. The van der Waals surface area contributed by atoms with E-state index in [4.69, 9.17) is 0 Å². The first kappa shape index (κ1) is 26.3. The molecular formula is C28H28FN5O4. The summed E-state index contributed by atoms with van der Waals surface area (Å²) in [5, 5.41) is 17.7. The van der Waals surface area contributed by atoms with Gasteiger partial charge in [-0.05, 0) is 47.4 Å². The second-order valence-corrected chi connectivity index (χ2v) is 8.78. The average molecular weight is 518 g/mol. The molecule has 0 aliphatic carbocycles. The number of hydrogen-bond acceptors (Lipinski definition) is 5. The lowest BCUT2D eigenvalue weighted by Gasteiger charge is -2.16. The molecule has 3 aromatic carbocycles. The molecule has 10 heteroatoms. The van der Waals surface area contributed by atoms with Gasteiger partial charge in [0.1, 0.15) is 11.9 Å². The second kappa shape index (κ2) is 12.5. The van der Waals surface area contributed by atoms with Crippen molar-refractivity contribution in [2.45, 2.75) is 25.3 Å². The number of imidazole rings is 1. The van der Waals surface area contributed by atoms with Crippen molar-refractivity contribution in [3.8, 4) is 11.1 Å². The highest BCUT2D eigenvalue weighted by molar-refractivity contribution is 5.88. The van der Waals surface area contributed by atoms with E-state index in [2.05, 4.69) is 25.9 Å². The van der Waals surface area contributed by atoms with Crippen molar-refractivity contribution < 1.29 is 23.9 Å². The van der Waals surface area contributed by atoms with Crippen LogP contribution in [0, 0.1) is 5.82 Å². The summed E-state index contributed by atoms with van der Waals surface area (Å²) in [6.07, 6.45) is 0.741. The molecule has 0 saturated heterocycles. The summed E-state index contributed by atoms with van der Waals surface area (Å²) in [7, 11) is 0. The number of benzene rings is 3. The summed E-state index contributed by atoms with van der Waals surface area (Å²) < 4.78 is 13.6. The molecule has 2 amide bonds. The van der Waals surface area contributed by atoms with Gasteiger partial charge in [0, 0.05) is 19.4 Å². The third kappa shape index (κ3) is 7.39. The average Bonchev–Trinajstić information content (AvgIpc) is 3.33. The van der Waals surface area contributed by atoms with Crippen molar-refractivity contribution in [3.05, 3.63) is 84.2 Å². The zero-order valence-electron chi connectivity index (χ0n) is 20.5. The Bertz CT molecular complexity index is 1400. The highest BCUT2D eigenvalue weighted by Gasteiger charge is 2.21. The third-order valence-electron chi connectivity index (χ3n) is 5.87. The predicted molar refractivity (Wildman–Crippen MR) is 142 cm³/mol. The molecule has 0 radical (unpaired) electrons. The first-order valence-electron chi connectivity index (χ1n) is 12.2. The first-order chi connectivity index (χ1) is 18.4. The van der Waals surface area contributed by atoms with E-state index in [1.165, 1.54) is 12.1 Å². The minimum atomic E-state index is -1.20. The highest BCUT2D eigenvalue weighted by atomic mass is 19.1. The minimum absolute atomic E-state index is 0.0334. The molecule has 38 heavy (non-hydrogen) atoms. The van der Waals surface area contributed by atoms with Gasteiger partial charge in [-0.15, -0.1) is 0 Å². The molecule has 9 nitrogen and oxygen atoms in total. The number of hydrogen-bond donors (Lipinski definition) is 5. The lowest BCUT2D eigenvalue weighted by Crippen LogP contribution is -2.46. The number of nitrogens with zero attached hydrogens (tertiary/aromatic N) is 1. The lowest BCUT2D eigenvalue weighted by atomic mass is 9.99. The third-order valence-corrected chi connectivity index (χ3v) is 5.87. The number of carbonyl (C=O) groups excluding carboxylic acids is 2. The standard InChI is InChI=1S/C28H28FN5O4/c29-21-9-4-8-20(16-21)19-7-3-6-18(14-19)15-24(27(37)38)32-26(36)17-31-25(35)12-5-13-30-28-33-22-10-1-2-11-23(22)34-28/h1-4,6-11,14,16,24H,5,12-13,15,17H2,(H,31,35)(H,32,36)(H,37,38)(H2,30,33,34). The molecule has 5 N–H and O–H groups in total. The van der Waals surface area contributed by atoms with Crippen LogP contribution in [0.3, 0.4) is 0 Å². The van der Waals surface area contributed by atoms with Gasteiger partial charge in [0.05, 0.1) is 17.6 Å². The topological polar surface area (TPSA) is 136 Å². The molecule has 4 aromatic rings. The first-order valence-corrected chi connectivity index (χ1v) is 12.2. The Kier molecular flexibility index (Phi) is 8.65. The maximum atomic E-state index is 13.6. The van der Waals surface area contributed by atoms with E-state index >= 15 is 0 Å². The van der Waals surface area contributed by atoms with Crippen LogP contribution < -0.4 is 16.0 Å². The van der Waals surface area contributed by atoms with E-state index in [1.54, 1.807) is 36.4 Å². The Morgan fingerprint density at radius 2 is 1.71 bits per heavy atom. The molecule has 0 spiro atoms. The second-order valence-electron chi connectivity index (χ2n) is 8.78. The Balaban J connectivity index is 1.20. The minimum Gasteiger partial charge on any atom is -0.480 e. The number of carboxylic acid groups (broad SMARTS) is 1. The number of rotatable bonds is 12. The van der Waals surface area contributed by atoms with Gasteiger partial charge >= 0.3 is 5.97 Å². The molecule has 1 heterocycles. The molecule has 196 valence electrons. The van der Waals surface area contributed by atoms with E-state index in [0.29, 0.717) is 30.0 Å². The number of aliphatic carboxylic acids is 1. The number of nitrogens with one attached hydrogen (secondary N) is 4. The number of H-pyrrole nitrogens is 1. The Morgan fingerprint density at radius 1 is 0.947 bits per heavy atom. The number of aromatic nitrogens is 2. The van der Waals surface area contributed by atoms with Gasteiger partial charge in [-0.25, -0.2) is 14.2 Å². The van der Waals surface area contributed by atoms with Gasteiger partial charge in [0.25, 0.3) is 0 Å². The maximum absolute atomic E-state index is 13.6. The van der Waals surface area contributed by atoms with E-state index in [9.17, 15) is 23.9 Å². The number of carboxylic acids is 1. The summed E-state index contributed by atoms with van der Waals surface area (Å²) in [6, 6.07) is 19.6. The van der Waals surface area contributed by atoms with Gasteiger partial charge in [-0.3, -0.25) is 9.59 Å². The maximum Gasteiger partial charge on any atom is 0.326 e. The quantitative estimate of drug-likeness (QED) is 0.183. The molecule has 1 atom stereocenters. The number of aromatic amines is 1. The van der Waals surface area contributed by atoms with Crippen LogP contribution in [0.1, 0.15) is 18.4 Å². The molecular weight excluding hydrogens is 489 g/mol. The number of amides is 2. The highest BCUT2D eigenvalue weighted by Crippen LogP contribution is 2.22. The molecule has 0 bridgehead atoms. The molecule has 0 fully saturated rings. The van der Waals surface area contributed by atoms with Crippen molar-refractivity contribution >= 4 is 34.8 Å². The Labute approximate surface area is 218 Å². The Morgan fingerprint density at radius 3 is 2.47 bits per heavy atom. The van der Waals surface area contributed by atoms with Crippen LogP contribution in [0.2, 0.25) is 0 Å². The number of carbonyl (C=O) groups is 3. The van der Waals surface area contributed by atoms with Crippen LogP contribution in [-0.4, -0.2) is 52.0 Å². The molecule has 0 aliphatic heterocycles. The number of anilines is 1. The van der Waals surface area contributed by atoms with Crippen molar-refractivity contribution in [2.75, 3.05) is 18.4 Å². The summed E-state index contributed by atoms with van der Waals surface area (Å²) in [4.78, 5) is 43.7. The van der Waals surface area contributed by atoms with Crippen LogP contribution in [0.4, 0.5) is 10.3 Å². The predicted octanol–water partition coefficient (Wildman–Crippen LogP) is 3.49. The fourth-order valence-electron chi connectivity index (χ4n) is 3.99. The van der Waals surface area contributed by atoms with Crippen molar-refractivity contribution in [1.82, 2.24) is 20.6 Å². The largest absolute Gasteiger partial charge is 0.480 e. The van der Waals surface area contributed by atoms with Crippen LogP contribution >= 0.6 is 0 Å². The van der Waals surface area contributed by atoms with Crippen LogP contribution in [-0.2, 0) is 20.8 Å². The zero-order chi connectivity index (χ0) is 26.9. The van der Waals surface area contributed by atoms with E-state index in [1.807, 2.05) is 24.3 Å².